The van der Waals surface area contributed by atoms with Crippen LogP contribution in [0.15, 0.2) is 18.2 Å². The first kappa shape index (κ1) is 14.6. The van der Waals surface area contributed by atoms with E-state index in [4.69, 9.17) is 5.26 Å². The molecule has 98 valence electrons. The van der Waals surface area contributed by atoms with Crippen molar-refractivity contribution >= 4 is 0 Å². The van der Waals surface area contributed by atoms with Crippen molar-refractivity contribution in [3.63, 3.8) is 0 Å². The molecule has 2 nitrogen and oxygen atoms in total. The van der Waals surface area contributed by atoms with Gasteiger partial charge in [0.1, 0.15) is 11.6 Å². The van der Waals surface area contributed by atoms with Crippen LogP contribution in [0.2, 0.25) is 0 Å². The second-order valence-electron chi connectivity index (χ2n) is 5.22. The summed E-state index contributed by atoms with van der Waals surface area (Å²) in [5, 5.41) is 8.92. The zero-order chi connectivity index (χ0) is 13.8. The summed E-state index contributed by atoms with van der Waals surface area (Å²) in [7, 11) is 1.89. The molecule has 0 aromatic heterocycles. The first-order valence-corrected chi connectivity index (χ1v) is 5.88. The van der Waals surface area contributed by atoms with Gasteiger partial charge < -0.3 is 4.90 Å². The van der Waals surface area contributed by atoms with Crippen molar-refractivity contribution in [2.45, 2.75) is 20.3 Å². The Bertz CT molecular complexity index is 450. The Labute approximate surface area is 107 Å². The lowest BCUT2D eigenvalue weighted by Gasteiger charge is -2.24. The number of nitriles is 1. The summed E-state index contributed by atoms with van der Waals surface area (Å²) in [4.78, 5) is 1.98. The van der Waals surface area contributed by atoms with Gasteiger partial charge >= 0.3 is 0 Å². The fourth-order valence-corrected chi connectivity index (χ4v) is 1.82. The third kappa shape index (κ3) is 4.42. The van der Waals surface area contributed by atoms with E-state index in [2.05, 4.69) is 6.07 Å². The molecule has 0 N–H and O–H groups in total. The quantitative estimate of drug-likeness (QED) is 0.805. The number of benzene rings is 1. The van der Waals surface area contributed by atoms with Crippen LogP contribution in [-0.4, -0.2) is 25.0 Å². The van der Waals surface area contributed by atoms with Gasteiger partial charge in [-0.05, 0) is 38.9 Å². The second kappa shape index (κ2) is 5.92. The highest BCUT2D eigenvalue weighted by Gasteiger charge is 2.19. The molecular formula is C14H18F2N2. The van der Waals surface area contributed by atoms with Crippen molar-refractivity contribution < 1.29 is 8.78 Å². The Hall–Kier alpha value is -1.47. The molecule has 18 heavy (non-hydrogen) atoms. The van der Waals surface area contributed by atoms with E-state index in [0.717, 1.165) is 6.07 Å². The van der Waals surface area contributed by atoms with E-state index in [-0.39, 0.29) is 0 Å². The predicted molar refractivity (Wildman–Crippen MR) is 67.0 cm³/mol. The first-order chi connectivity index (χ1) is 8.34. The van der Waals surface area contributed by atoms with Gasteiger partial charge in [-0.15, -0.1) is 0 Å². The van der Waals surface area contributed by atoms with E-state index < -0.39 is 17.0 Å². The fourth-order valence-electron chi connectivity index (χ4n) is 1.82. The number of likely N-dealkylation sites (N-methyl/N-ethyl adjacent to an activating group) is 1. The standard InChI is InChI=1S/C14H18F2N2/c1-14(2,9-17)10-18(3)7-6-11-4-5-12(15)8-13(11)16/h4-5,8H,6-7,10H2,1-3H3. The summed E-state index contributed by atoms with van der Waals surface area (Å²) < 4.78 is 26.1. The van der Waals surface area contributed by atoms with Gasteiger partial charge in [0.15, 0.2) is 0 Å². The van der Waals surface area contributed by atoms with Gasteiger partial charge in [0.25, 0.3) is 0 Å². The lowest BCUT2D eigenvalue weighted by atomic mass is 9.95. The number of nitrogens with zero attached hydrogens (tertiary/aromatic N) is 2. The summed E-state index contributed by atoms with van der Waals surface area (Å²) in [6.45, 7) is 4.98. The van der Waals surface area contributed by atoms with Crippen molar-refractivity contribution in [1.29, 1.82) is 5.26 Å². The lowest BCUT2D eigenvalue weighted by Crippen LogP contribution is -2.32. The molecule has 0 aliphatic heterocycles. The number of halogens is 2. The Morgan fingerprint density at radius 2 is 2.00 bits per heavy atom. The minimum Gasteiger partial charge on any atom is -0.304 e. The van der Waals surface area contributed by atoms with Crippen LogP contribution in [0.4, 0.5) is 8.78 Å². The molecular weight excluding hydrogens is 234 g/mol. The third-order valence-corrected chi connectivity index (χ3v) is 2.75. The summed E-state index contributed by atoms with van der Waals surface area (Å²) in [5.41, 5.74) is 0.0776. The molecule has 0 heterocycles. The van der Waals surface area contributed by atoms with Crippen LogP contribution in [0.3, 0.4) is 0 Å². The fraction of sp³-hybridized carbons (Fsp3) is 0.500. The van der Waals surface area contributed by atoms with E-state index in [1.165, 1.54) is 12.1 Å². The van der Waals surface area contributed by atoms with Gasteiger partial charge in [0.05, 0.1) is 11.5 Å². The van der Waals surface area contributed by atoms with Gasteiger partial charge in [-0.1, -0.05) is 6.07 Å². The lowest BCUT2D eigenvalue weighted by molar-refractivity contribution is 0.257. The Balaban J connectivity index is 2.53. The highest BCUT2D eigenvalue weighted by atomic mass is 19.1. The summed E-state index contributed by atoms with van der Waals surface area (Å²) in [6, 6.07) is 5.85. The molecule has 0 fully saturated rings. The van der Waals surface area contributed by atoms with Gasteiger partial charge in [-0.3, -0.25) is 0 Å². The third-order valence-electron chi connectivity index (χ3n) is 2.75. The highest BCUT2D eigenvalue weighted by Crippen LogP contribution is 2.15. The van der Waals surface area contributed by atoms with Crippen molar-refractivity contribution in [1.82, 2.24) is 4.90 Å². The minimum absolute atomic E-state index is 0.421. The second-order valence-corrected chi connectivity index (χ2v) is 5.22. The maximum atomic E-state index is 13.4. The van der Waals surface area contributed by atoms with Crippen molar-refractivity contribution in [3.05, 3.63) is 35.4 Å². The molecule has 0 aliphatic rings. The highest BCUT2D eigenvalue weighted by molar-refractivity contribution is 5.18. The molecule has 0 bridgehead atoms. The van der Waals surface area contributed by atoms with Crippen LogP contribution >= 0.6 is 0 Å². The summed E-state index contributed by atoms with van der Waals surface area (Å²) in [5.74, 6) is -1.07. The maximum absolute atomic E-state index is 13.4. The molecule has 1 rings (SSSR count). The van der Waals surface area contributed by atoms with Crippen molar-refractivity contribution in [2.24, 2.45) is 5.41 Å². The van der Waals surface area contributed by atoms with Crippen LogP contribution in [0, 0.1) is 28.4 Å². The smallest absolute Gasteiger partial charge is 0.129 e. The molecule has 0 spiro atoms. The Morgan fingerprint density at radius 1 is 1.33 bits per heavy atom. The summed E-state index contributed by atoms with van der Waals surface area (Å²) >= 11 is 0. The van der Waals surface area contributed by atoms with Crippen LogP contribution in [0.5, 0.6) is 0 Å². The minimum atomic E-state index is -0.560. The molecule has 0 amide bonds. The average Bonchev–Trinajstić information content (AvgIpc) is 2.27. The Morgan fingerprint density at radius 3 is 2.56 bits per heavy atom. The van der Waals surface area contributed by atoms with Crippen molar-refractivity contribution in [3.8, 4) is 6.07 Å². The van der Waals surface area contributed by atoms with E-state index in [1.807, 2.05) is 25.8 Å². The molecule has 0 atom stereocenters. The van der Waals surface area contributed by atoms with E-state index in [0.29, 0.717) is 25.1 Å². The van der Waals surface area contributed by atoms with Crippen molar-refractivity contribution in [2.75, 3.05) is 20.1 Å². The van der Waals surface area contributed by atoms with Gasteiger partial charge in [-0.2, -0.15) is 5.26 Å². The topological polar surface area (TPSA) is 27.0 Å². The van der Waals surface area contributed by atoms with Gasteiger partial charge in [-0.25, -0.2) is 8.78 Å². The van der Waals surface area contributed by atoms with Crippen LogP contribution in [0.25, 0.3) is 0 Å². The molecule has 1 aromatic carbocycles. The average molecular weight is 252 g/mol. The molecule has 1 aromatic rings. The number of hydrogen-bond donors (Lipinski definition) is 0. The Kier molecular flexibility index (Phi) is 4.80. The number of rotatable bonds is 5. The van der Waals surface area contributed by atoms with E-state index >= 15 is 0 Å². The normalized spacial score (nSPS) is 11.6. The van der Waals surface area contributed by atoms with E-state index in [9.17, 15) is 8.78 Å². The van der Waals surface area contributed by atoms with Crippen LogP contribution < -0.4 is 0 Å². The zero-order valence-corrected chi connectivity index (χ0v) is 11.0. The molecule has 0 saturated heterocycles. The zero-order valence-electron chi connectivity index (χ0n) is 11.0. The first-order valence-electron chi connectivity index (χ1n) is 5.88. The number of hydrogen-bond acceptors (Lipinski definition) is 2. The molecule has 4 heteroatoms. The SMILES string of the molecule is CN(CCc1ccc(F)cc1F)CC(C)(C)C#N. The molecule has 0 unspecified atom stereocenters. The predicted octanol–water partition coefficient (Wildman–Crippen LogP) is 2.99. The van der Waals surface area contributed by atoms with E-state index in [1.54, 1.807) is 0 Å². The van der Waals surface area contributed by atoms with Gasteiger partial charge in [0, 0.05) is 19.2 Å². The monoisotopic (exact) mass is 252 g/mol. The van der Waals surface area contributed by atoms with Crippen LogP contribution in [-0.2, 0) is 6.42 Å². The maximum Gasteiger partial charge on any atom is 0.129 e. The molecule has 0 radical (unpaired) electrons. The molecule has 0 aliphatic carbocycles. The summed E-state index contributed by atoms with van der Waals surface area (Å²) in [6.07, 6.45) is 0.504. The largest absolute Gasteiger partial charge is 0.304 e. The van der Waals surface area contributed by atoms with Crippen LogP contribution in [0.1, 0.15) is 19.4 Å². The van der Waals surface area contributed by atoms with Gasteiger partial charge in [0.2, 0.25) is 0 Å². The molecule has 0 saturated carbocycles.